The third-order valence-electron chi connectivity index (χ3n) is 2.87. The highest BCUT2D eigenvalue weighted by molar-refractivity contribution is 5.24. The van der Waals surface area contributed by atoms with Crippen LogP contribution in [0, 0.1) is 6.92 Å². The van der Waals surface area contributed by atoms with Gasteiger partial charge in [0.05, 0.1) is 0 Å². The summed E-state index contributed by atoms with van der Waals surface area (Å²) in [6.07, 6.45) is 2.53. The van der Waals surface area contributed by atoms with Crippen LogP contribution in [0.1, 0.15) is 11.3 Å². The number of hydrogen-bond acceptors (Lipinski definition) is 2. The Hall–Kier alpha value is -2.03. The monoisotopic (exact) mass is 228 g/mol. The lowest BCUT2D eigenvalue weighted by molar-refractivity contribution is -0.271. The van der Waals surface area contributed by atoms with Gasteiger partial charge in [0.1, 0.15) is 0 Å². The number of aryl methyl sites for hydroxylation is 2. The summed E-state index contributed by atoms with van der Waals surface area (Å²) in [4.78, 5) is 11.1. The number of rotatable bonds is 3. The van der Waals surface area contributed by atoms with Crippen LogP contribution in [0.15, 0.2) is 47.4 Å². The minimum absolute atomic E-state index is 0.402. The summed E-state index contributed by atoms with van der Waals surface area (Å²) in [6.45, 7) is 2.40. The minimum Gasteiger partial charge on any atom is -0.869 e. The molecule has 0 radical (unpaired) electrons. The van der Waals surface area contributed by atoms with Gasteiger partial charge >= 0.3 is 0 Å². The number of hydrogen-bond donors (Lipinski definition) is 0. The molecule has 0 bridgehead atoms. The van der Waals surface area contributed by atoms with Crippen LogP contribution in [0.4, 0.5) is 0 Å². The van der Waals surface area contributed by atoms with Crippen LogP contribution in [-0.2, 0) is 13.0 Å². The predicted octanol–water partition coefficient (Wildman–Crippen LogP) is 1.47. The molecule has 17 heavy (non-hydrogen) atoms. The van der Waals surface area contributed by atoms with Gasteiger partial charge in [0.2, 0.25) is 0 Å². The molecule has 2 aromatic rings. The van der Waals surface area contributed by atoms with Gasteiger partial charge in [0.25, 0.3) is 0 Å². The van der Waals surface area contributed by atoms with E-state index < -0.39 is 11.2 Å². The number of benzene rings is 1. The standard InChI is InChI=1S/C14H15NO2/c1-11-14(17)13(16)8-10-15(11)9-7-12-5-3-2-4-6-12/h2-6,8,10,17H,7,9H2,1H3/p-1. The molecular formula is C14H14NO2-. The highest BCUT2D eigenvalue weighted by Gasteiger charge is 1.99. The zero-order valence-corrected chi connectivity index (χ0v) is 9.72. The van der Waals surface area contributed by atoms with Gasteiger partial charge in [0.15, 0.2) is 5.43 Å². The second-order valence-corrected chi connectivity index (χ2v) is 4.02. The number of nitrogens with zero attached hydrogens (tertiary/aromatic N) is 1. The maximum atomic E-state index is 11.5. The first-order valence-electron chi connectivity index (χ1n) is 5.59. The van der Waals surface area contributed by atoms with Gasteiger partial charge in [-0.3, -0.25) is 4.79 Å². The first-order chi connectivity index (χ1) is 8.18. The van der Waals surface area contributed by atoms with Crippen molar-refractivity contribution in [1.29, 1.82) is 0 Å². The molecule has 0 spiro atoms. The summed E-state index contributed by atoms with van der Waals surface area (Å²) in [7, 11) is 0. The fourth-order valence-corrected chi connectivity index (χ4v) is 1.79. The van der Waals surface area contributed by atoms with Crippen molar-refractivity contribution in [2.45, 2.75) is 19.9 Å². The molecule has 0 saturated carbocycles. The van der Waals surface area contributed by atoms with Crippen LogP contribution in [0.2, 0.25) is 0 Å². The van der Waals surface area contributed by atoms with Crippen LogP contribution in [0.3, 0.4) is 0 Å². The van der Waals surface area contributed by atoms with Crippen molar-refractivity contribution in [2.75, 3.05) is 0 Å². The Morgan fingerprint density at radius 1 is 1.18 bits per heavy atom. The zero-order valence-electron chi connectivity index (χ0n) is 9.72. The molecule has 0 saturated heterocycles. The Bertz CT molecular complexity index is 558. The second-order valence-electron chi connectivity index (χ2n) is 4.02. The molecule has 1 aromatic heterocycles. The van der Waals surface area contributed by atoms with Gasteiger partial charge < -0.3 is 9.67 Å². The third-order valence-corrected chi connectivity index (χ3v) is 2.87. The van der Waals surface area contributed by atoms with E-state index in [4.69, 9.17) is 0 Å². The Kier molecular flexibility index (Phi) is 3.28. The van der Waals surface area contributed by atoms with Crippen LogP contribution in [-0.4, -0.2) is 4.57 Å². The summed E-state index contributed by atoms with van der Waals surface area (Å²) in [6, 6.07) is 11.4. The molecule has 2 rings (SSSR count). The first kappa shape index (κ1) is 11.5. The minimum atomic E-state index is -0.432. The van der Waals surface area contributed by atoms with Crippen molar-refractivity contribution in [1.82, 2.24) is 4.57 Å². The normalized spacial score (nSPS) is 10.4. The molecule has 0 amide bonds. The summed E-state index contributed by atoms with van der Waals surface area (Å²) in [5.41, 5.74) is 1.30. The number of pyridine rings is 1. The van der Waals surface area contributed by atoms with E-state index in [1.165, 1.54) is 11.6 Å². The molecule has 0 aliphatic carbocycles. The van der Waals surface area contributed by atoms with Crippen molar-refractivity contribution in [3.63, 3.8) is 0 Å². The van der Waals surface area contributed by atoms with Crippen LogP contribution >= 0.6 is 0 Å². The molecule has 0 aliphatic rings. The van der Waals surface area contributed by atoms with Crippen molar-refractivity contribution in [3.05, 3.63) is 64.1 Å². The Morgan fingerprint density at radius 3 is 2.59 bits per heavy atom. The van der Waals surface area contributed by atoms with Crippen LogP contribution in [0.5, 0.6) is 5.75 Å². The summed E-state index contributed by atoms with van der Waals surface area (Å²) >= 11 is 0. The lowest BCUT2D eigenvalue weighted by Gasteiger charge is -2.16. The quantitative estimate of drug-likeness (QED) is 0.798. The van der Waals surface area contributed by atoms with Gasteiger partial charge in [0, 0.05) is 24.5 Å². The Labute approximate surface area is 100.0 Å². The average molecular weight is 228 g/mol. The molecule has 0 N–H and O–H groups in total. The molecule has 0 fully saturated rings. The van der Waals surface area contributed by atoms with E-state index in [1.54, 1.807) is 13.1 Å². The molecule has 1 heterocycles. The fraction of sp³-hybridized carbons (Fsp3) is 0.214. The van der Waals surface area contributed by atoms with Gasteiger partial charge in [-0.2, -0.15) is 0 Å². The van der Waals surface area contributed by atoms with E-state index in [2.05, 4.69) is 12.1 Å². The fourth-order valence-electron chi connectivity index (χ4n) is 1.79. The third kappa shape index (κ3) is 2.56. The number of aromatic nitrogens is 1. The lowest BCUT2D eigenvalue weighted by atomic mass is 10.1. The maximum absolute atomic E-state index is 11.5. The summed E-state index contributed by atoms with van der Waals surface area (Å²) < 4.78 is 1.83. The zero-order chi connectivity index (χ0) is 12.3. The SMILES string of the molecule is Cc1c([O-])c(=O)ccn1CCc1ccccc1. The average Bonchev–Trinajstić information content (AvgIpc) is 2.36. The van der Waals surface area contributed by atoms with Gasteiger partial charge in [-0.1, -0.05) is 30.3 Å². The molecular weight excluding hydrogens is 214 g/mol. The van der Waals surface area contributed by atoms with Gasteiger partial charge in [-0.05, 0) is 24.7 Å². The lowest BCUT2D eigenvalue weighted by Crippen LogP contribution is -2.17. The van der Waals surface area contributed by atoms with E-state index >= 15 is 0 Å². The van der Waals surface area contributed by atoms with Gasteiger partial charge in [-0.15, -0.1) is 0 Å². The van der Waals surface area contributed by atoms with Crippen molar-refractivity contribution in [2.24, 2.45) is 0 Å². The topological polar surface area (TPSA) is 45.1 Å². The van der Waals surface area contributed by atoms with E-state index in [0.29, 0.717) is 12.2 Å². The van der Waals surface area contributed by atoms with Crippen molar-refractivity contribution >= 4 is 0 Å². The summed E-state index contributed by atoms with van der Waals surface area (Å²) in [5.74, 6) is -0.402. The van der Waals surface area contributed by atoms with E-state index in [1.807, 2.05) is 22.8 Å². The van der Waals surface area contributed by atoms with Crippen LogP contribution in [0.25, 0.3) is 0 Å². The van der Waals surface area contributed by atoms with Gasteiger partial charge in [-0.25, -0.2) is 0 Å². The summed E-state index contributed by atoms with van der Waals surface area (Å²) in [5, 5.41) is 11.5. The predicted molar refractivity (Wildman–Crippen MR) is 65.0 cm³/mol. The second kappa shape index (κ2) is 4.87. The molecule has 0 aliphatic heterocycles. The largest absolute Gasteiger partial charge is 0.869 e. The van der Waals surface area contributed by atoms with Crippen LogP contribution < -0.4 is 10.5 Å². The first-order valence-corrected chi connectivity index (χ1v) is 5.59. The molecule has 88 valence electrons. The smallest absolute Gasteiger partial charge is 0.174 e. The maximum Gasteiger partial charge on any atom is 0.174 e. The van der Waals surface area contributed by atoms with Crippen molar-refractivity contribution < 1.29 is 5.11 Å². The molecule has 1 aromatic carbocycles. The van der Waals surface area contributed by atoms with E-state index in [9.17, 15) is 9.90 Å². The Morgan fingerprint density at radius 2 is 1.88 bits per heavy atom. The molecule has 3 heteroatoms. The van der Waals surface area contributed by atoms with Crippen molar-refractivity contribution in [3.8, 4) is 5.75 Å². The molecule has 0 atom stereocenters. The highest BCUT2D eigenvalue weighted by atomic mass is 16.3. The molecule has 3 nitrogen and oxygen atoms in total. The van der Waals surface area contributed by atoms with E-state index in [0.717, 1.165) is 6.42 Å². The molecule has 0 unspecified atom stereocenters. The van der Waals surface area contributed by atoms with E-state index in [-0.39, 0.29) is 0 Å². The highest BCUT2D eigenvalue weighted by Crippen LogP contribution is 2.08. The Balaban J connectivity index is 2.15.